The van der Waals surface area contributed by atoms with Crippen molar-refractivity contribution in [2.75, 3.05) is 0 Å². The van der Waals surface area contributed by atoms with Gasteiger partial charge in [-0.1, -0.05) is 56.9 Å². The molecule has 5 rings (SSSR count). The van der Waals surface area contributed by atoms with E-state index < -0.39 is 11.5 Å². The fourth-order valence-corrected chi connectivity index (χ4v) is 5.59. The summed E-state index contributed by atoms with van der Waals surface area (Å²) in [6.07, 6.45) is 15.7. The highest BCUT2D eigenvalue weighted by Crippen LogP contribution is 2.35. The summed E-state index contributed by atoms with van der Waals surface area (Å²) in [6.45, 7) is 2.67. The fraction of sp³-hybridized carbons (Fsp3) is 0.519. The van der Waals surface area contributed by atoms with E-state index in [0.29, 0.717) is 18.8 Å². The largest absolute Gasteiger partial charge is 0.391 e. The Hall–Kier alpha value is -3.33. The van der Waals surface area contributed by atoms with Crippen LogP contribution >= 0.6 is 0 Å². The van der Waals surface area contributed by atoms with Gasteiger partial charge in [0.15, 0.2) is 0 Å². The van der Waals surface area contributed by atoms with Gasteiger partial charge < -0.3 is 5.11 Å². The van der Waals surface area contributed by atoms with Gasteiger partial charge >= 0.3 is 5.69 Å². The third-order valence-electron chi connectivity index (χ3n) is 7.70. The third kappa shape index (κ3) is 4.84. The predicted octanol–water partition coefficient (Wildman–Crippen LogP) is 3.96. The molecule has 0 saturated heterocycles. The number of benzene rings is 1. The van der Waals surface area contributed by atoms with Crippen molar-refractivity contribution in [1.82, 2.24) is 29.8 Å². The smallest absolute Gasteiger partial charge is 0.328 e. The molecule has 2 aromatic heterocycles. The maximum absolute atomic E-state index is 13.9. The maximum atomic E-state index is 13.9. The van der Waals surface area contributed by atoms with Gasteiger partial charge in [-0.25, -0.2) is 4.79 Å². The van der Waals surface area contributed by atoms with Gasteiger partial charge in [0.25, 0.3) is 0 Å². The van der Waals surface area contributed by atoms with Crippen LogP contribution in [0.1, 0.15) is 75.6 Å². The average molecular weight is 490 g/mol. The molecule has 9 nitrogen and oxygen atoms in total. The highest BCUT2D eigenvalue weighted by molar-refractivity contribution is 5.65. The molecule has 1 aliphatic heterocycles. The van der Waals surface area contributed by atoms with Crippen LogP contribution in [-0.2, 0) is 18.4 Å². The Bertz CT molecular complexity index is 1270. The van der Waals surface area contributed by atoms with Gasteiger partial charge in [0.1, 0.15) is 0 Å². The number of tetrazole rings is 1. The number of nitrogens with zero attached hydrogens (tertiary/aromatic N) is 6. The molecule has 3 atom stereocenters. The lowest BCUT2D eigenvalue weighted by molar-refractivity contribution is 0.103. The molecule has 36 heavy (non-hydrogen) atoms. The number of aliphatic imine (C=N–C) groups is 1. The molecule has 1 aliphatic carbocycles. The minimum atomic E-state index is -0.484. The first-order chi connectivity index (χ1) is 17.6. The number of aliphatic hydroxyl groups excluding tert-OH is 1. The molecule has 0 radical (unpaired) electrons. The Kier molecular flexibility index (Phi) is 7.27. The van der Waals surface area contributed by atoms with E-state index in [1.54, 1.807) is 0 Å². The molecule has 0 bridgehead atoms. The molecule has 3 heterocycles. The standard InChI is InChI=1S/C27H35N7O2/c1-2-3-10-22-18-33(23-11-5-4-6-12-24(23)35)26(36)34(22)19-27(13-15-28-16-14-27)21-9-7-8-20(17-21)25-29-31-32-30-25/h7-9,13,15-18,23-24,35H,2-6,10-12,14,19H2,1H3,(H,29,30,31,32). The zero-order valence-electron chi connectivity index (χ0n) is 20.9. The monoisotopic (exact) mass is 489 g/mol. The third-order valence-corrected chi connectivity index (χ3v) is 7.70. The van der Waals surface area contributed by atoms with Crippen LogP contribution in [0.4, 0.5) is 0 Å². The Morgan fingerprint density at radius 3 is 2.89 bits per heavy atom. The Morgan fingerprint density at radius 2 is 2.11 bits per heavy atom. The van der Waals surface area contributed by atoms with Gasteiger partial charge in [-0.2, -0.15) is 5.21 Å². The molecule has 9 heteroatoms. The topological polar surface area (TPSA) is 114 Å². The number of imidazole rings is 1. The summed E-state index contributed by atoms with van der Waals surface area (Å²) >= 11 is 0. The van der Waals surface area contributed by atoms with Crippen molar-refractivity contribution in [3.63, 3.8) is 0 Å². The first-order valence-corrected chi connectivity index (χ1v) is 13.1. The van der Waals surface area contributed by atoms with Crippen LogP contribution in [0.3, 0.4) is 0 Å². The summed E-state index contributed by atoms with van der Waals surface area (Å²) < 4.78 is 3.77. The number of allylic oxidation sites excluding steroid dienone is 1. The number of aliphatic hydroxyl groups is 1. The quantitative estimate of drug-likeness (QED) is 0.465. The zero-order chi connectivity index (χ0) is 25.0. The molecule has 2 aliphatic rings. The molecule has 0 spiro atoms. The van der Waals surface area contributed by atoms with E-state index in [4.69, 9.17) is 0 Å². The van der Waals surface area contributed by atoms with Crippen molar-refractivity contribution < 1.29 is 5.11 Å². The van der Waals surface area contributed by atoms with Crippen molar-refractivity contribution in [3.05, 3.63) is 64.5 Å². The molecule has 1 fully saturated rings. The molecular formula is C27H35N7O2. The van der Waals surface area contributed by atoms with E-state index in [2.05, 4.69) is 50.7 Å². The van der Waals surface area contributed by atoms with E-state index in [-0.39, 0.29) is 11.7 Å². The second-order valence-corrected chi connectivity index (χ2v) is 10.1. The predicted molar refractivity (Wildman–Crippen MR) is 139 cm³/mol. The van der Waals surface area contributed by atoms with Crippen molar-refractivity contribution in [2.24, 2.45) is 4.99 Å². The molecule has 190 valence electrons. The number of rotatable bonds is 8. The fourth-order valence-electron chi connectivity index (χ4n) is 5.59. The lowest BCUT2D eigenvalue weighted by atomic mass is 9.76. The number of aromatic nitrogens is 6. The minimum absolute atomic E-state index is 0.0309. The van der Waals surface area contributed by atoms with Gasteiger partial charge in [-0.3, -0.25) is 14.1 Å². The summed E-state index contributed by atoms with van der Waals surface area (Å²) in [6, 6.07) is 7.97. The normalized spacial score (nSPS) is 24.2. The van der Waals surface area contributed by atoms with E-state index in [0.717, 1.165) is 68.2 Å². The van der Waals surface area contributed by atoms with Crippen molar-refractivity contribution in [1.29, 1.82) is 0 Å². The Morgan fingerprint density at radius 1 is 1.22 bits per heavy atom. The molecule has 3 aromatic rings. The van der Waals surface area contributed by atoms with Gasteiger partial charge in [0.05, 0.1) is 12.1 Å². The van der Waals surface area contributed by atoms with Gasteiger partial charge in [0.2, 0.25) is 5.82 Å². The molecule has 2 N–H and O–H groups in total. The first-order valence-electron chi connectivity index (χ1n) is 13.1. The van der Waals surface area contributed by atoms with E-state index in [1.807, 2.05) is 39.9 Å². The van der Waals surface area contributed by atoms with Gasteiger partial charge in [0, 0.05) is 41.8 Å². The van der Waals surface area contributed by atoms with E-state index >= 15 is 0 Å². The molecule has 1 saturated carbocycles. The first kappa shape index (κ1) is 24.4. The van der Waals surface area contributed by atoms with Crippen LogP contribution in [0.15, 0.2) is 52.5 Å². The van der Waals surface area contributed by atoms with Crippen molar-refractivity contribution >= 4 is 6.21 Å². The van der Waals surface area contributed by atoms with Crippen molar-refractivity contribution in [2.45, 2.75) is 88.8 Å². The van der Waals surface area contributed by atoms with Crippen LogP contribution in [0, 0.1) is 0 Å². The number of unbranched alkanes of at least 4 members (excludes halogenated alkanes) is 1. The van der Waals surface area contributed by atoms with E-state index in [9.17, 15) is 9.90 Å². The van der Waals surface area contributed by atoms with E-state index in [1.165, 1.54) is 0 Å². The second kappa shape index (κ2) is 10.7. The van der Waals surface area contributed by atoms with Crippen molar-refractivity contribution in [3.8, 4) is 11.4 Å². The van der Waals surface area contributed by atoms with Gasteiger partial charge in [-0.05, 0) is 48.9 Å². The molecule has 1 aromatic carbocycles. The number of hydrogen-bond donors (Lipinski definition) is 2. The summed E-state index contributed by atoms with van der Waals surface area (Å²) in [5.74, 6) is 0.537. The minimum Gasteiger partial charge on any atom is -0.391 e. The molecular weight excluding hydrogens is 454 g/mol. The van der Waals surface area contributed by atoms with Crippen LogP contribution < -0.4 is 5.69 Å². The van der Waals surface area contributed by atoms with Crippen LogP contribution in [0.5, 0.6) is 0 Å². The number of hydrogen-bond acceptors (Lipinski definition) is 6. The zero-order valence-corrected chi connectivity index (χ0v) is 20.9. The summed E-state index contributed by atoms with van der Waals surface area (Å²) in [5.41, 5.74) is 2.50. The number of aryl methyl sites for hydroxylation is 1. The van der Waals surface area contributed by atoms with Gasteiger partial charge in [-0.15, -0.1) is 10.2 Å². The van der Waals surface area contributed by atoms with Crippen LogP contribution in [0.2, 0.25) is 0 Å². The highest BCUT2D eigenvalue weighted by Gasteiger charge is 2.34. The summed E-state index contributed by atoms with van der Waals surface area (Å²) in [5, 5.41) is 25.3. The Labute approximate surface area is 211 Å². The van der Waals surface area contributed by atoms with Crippen LogP contribution in [0.25, 0.3) is 11.4 Å². The molecule has 3 unspecified atom stereocenters. The number of nitrogens with one attached hydrogen (secondary N) is 1. The number of aromatic amines is 1. The summed E-state index contributed by atoms with van der Waals surface area (Å²) in [7, 11) is 0. The molecule has 0 amide bonds. The SMILES string of the molecule is CCCCc1cn(C2CCCCCC2O)c(=O)n1CC1(c2cccc(-c3nn[nH]n3)c2)C=CN=CC1. The second-order valence-electron chi connectivity index (χ2n) is 10.1. The lowest BCUT2D eigenvalue weighted by Gasteiger charge is -2.32. The highest BCUT2D eigenvalue weighted by atomic mass is 16.3. The number of H-pyrrole nitrogens is 1. The average Bonchev–Trinajstić information content (AvgIpc) is 3.49. The maximum Gasteiger partial charge on any atom is 0.328 e. The Balaban J connectivity index is 1.56. The lowest BCUT2D eigenvalue weighted by Crippen LogP contribution is -2.39. The van der Waals surface area contributed by atoms with Crippen LogP contribution in [-0.4, -0.2) is 47.2 Å². The summed E-state index contributed by atoms with van der Waals surface area (Å²) in [4.78, 5) is 18.3.